The van der Waals surface area contributed by atoms with Gasteiger partial charge in [0.2, 0.25) is 0 Å². The van der Waals surface area contributed by atoms with Gasteiger partial charge in [0.15, 0.2) is 0 Å². The van der Waals surface area contributed by atoms with Gasteiger partial charge in [-0.15, -0.1) is 0 Å². The molecule has 156 valence electrons. The van der Waals surface area contributed by atoms with Gasteiger partial charge < -0.3 is 5.32 Å². The summed E-state index contributed by atoms with van der Waals surface area (Å²) in [5, 5.41) is 2.94. The van der Waals surface area contributed by atoms with Gasteiger partial charge in [0, 0.05) is 16.9 Å². The van der Waals surface area contributed by atoms with E-state index in [4.69, 9.17) is 0 Å². The minimum absolute atomic E-state index is 0.0325. The Morgan fingerprint density at radius 1 is 0.967 bits per heavy atom. The van der Waals surface area contributed by atoms with Crippen molar-refractivity contribution in [1.82, 2.24) is 0 Å². The van der Waals surface area contributed by atoms with E-state index in [-0.39, 0.29) is 16.4 Å². The molecule has 3 aromatic rings. The highest BCUT2D eigenvalue weighted by Crippen LogP contribution is 2.23. The predicted octanol–water partition coefficient (Wildman–Crippen LogP) is 5.06. The summed E-state index contributed by atoms with van der Waals surface area (Å²) >= 11 is 0. The Labute approximate surface area is 176 Å². The number of nitrogens with one attached hydrogen (secondary N) is 2. The minimum atomic E-state index is -3.87. The maximum Gasteiger partial charge on any atom is 0.261 e. The number of carbonyl (C=O) groups excluding carboxylic acids is 1. The number of rotatable bonds is 6. The lowest BCUT2D eigenvalue weighted by atomic mass is 10.1. The number of para-hydroxylation sites is 1. The van der Waals surface area contributed by atoms with Crippen LogP contribution < -0.4 is 10.0 Å². The lowest BCUT2D eigenvalue weighted by Crippen LogP contribution is -2.15. The van der Waals surface area contributed by atoms with Crippen molar-refractivity contribution in [2.24, 2.45) is 0 Å². The van der Waals surface area contributed by atoms with Crippen LogP contribution in [-0.2, 0) is 16.4 Å². The average molecular weight is 427 g/mol. The van der Waals surface area contributed by atoms with E-state index in [0.29, 0.717) is 11.3 Å². The SMILES string of the molecule is CCc1cccc(C)c1NC(=O)c1ccc(NS(=O)(=O)c2ccc(F)c(C)c2)cc1. The molecule has 0 heterocycles. The molecule has 0 atom stereocenters. The molecular weight excluding hydrogens is 403 g/mol. The van der Waals surface area contributed by atoms with Crippen LogP contribution in [0, 0.1) is 19.7 Å². The van der Waals surface area contributed by atoms with Crippen molar-refractivity contribution in [3.8, 4) is 0 Å². The van der Waals surface area contributed by atoms with Crippen LogP contribution in [0.25, 0.3) is 0 Å². The fraction of sp³-hybridized carbons (Fsp3) is 0.174. The molecule has 0 bridgehead atoms. The molecule has 2 N–H and O–H groups in total. The van der Waals surface area contributed by atoms with E-state index in [0.717, 1.165) is 29.3 Å². The topological polar surface area (TPSA) is 75.3 Å². The van der Waals surface area contributed by atoms with Gasteiger partial charge in [-0.25, -0.2) is 12.8 Å². The molecule has 0 saturated carbocycles. The highest BCUT2D eigenvalue weighted by molar-refractivity contribution is 7.92. The van der Waals surface area contributed by atoms with Crippen LogP contribution in [0.3, 0.4) is 0 Å². The monoisotopic (exact) mass is 426 g/mol. The molecule has 0 aliphatic heterocycles. The first-order valence-electron chi connectivity index (χ1n) is 9.50. The standard InChI is InChI=1S/C23H23FN2O3S/c1-4-17-7-5-6-15(2)22(17)25-23(27)18-8-10-19(11-9-18)26-30(28,29)20-12-13-21(24)16(3)14-20/h5-14,26H,4H2,1-3H3,(H,25,27). The fourth-order valence-electron chi connectivity index (χ4n) is 3.08. The summed E-state index contributed by atoms with van der Waals surface area (Å²) in [7, 11) is -3.87. The van der Waals surface area contributed by atoms with Crippen molar-refractivity contribution in [3.63, 3.8) is 0 Å². The summed E-state index contributed by atoms with van der Waals surface area (Å²) in [6.45, 7) is 5.46. The van der Waals surface area contributed by atoms with E-state index in [1.54, 1.807) is 12.1 Å². The van der Waals surface area contributed by atoms with Crippen molar-refractivity contribution < 1.29 is 17.6 Å². The Morgan fingerprint density at radius 3 is 2.30 bits per heavy atom. The molecule has 0 aliphatic rings. The molecule has 0 fully saturated rings. The molecule has 0 spiro atoms. The Balaban J connectivity index is 1.76. The van der Waals surface area contributed by atoms with E-state index < -0.39 is 15.8 Å². The lowest BCUT2D eigenvalue weighted by molar-refractivity contribution is 0.102. The summed E-state index contributed by atoms with van der Waals surface area (Å²) in [5.41, 5.74) is 3.76. The summed E-state index contributed by atoms with van der Waals surface area (Å²) < 4.78 is 40.9. The average Bonchev–Trinajstić information content (AvgIpc) is 2.71. The summed E-state index contributed by atoms with van der Waals surface area (Å²) in [6, 6.07) is 15.6. The van der Waals surface area contributed by atoms with Gasteiger partial charge in [-0.05, 0) is 79.4 Å². The summed E-state index contributed by atoms with van der Waals surface area (Å²) in [4.78, 5) is 12.6. The number of carbonyl (C=O) groups is 1. The quantitative estimate of drug-likeness (QED) is 0.579. The first-order valence-corrected chi connectivity index (χ1v) is 11.0. The van der Waals surface area contributed by atoms with Gasteiger partial charge >= 0.3 is 0 Å². The van der Waals surface area contributed by atoms with Crippen molar-refractivity contribution >= 4 is 27.3 Å². The highest BCUT2D eigenvalue weighted by atomic mass is 32.2. The van der Waals surface area contributed by atoms with Crippen LogP contribution in [0.5, 0.6) is 0 Å². The van der Waals surface area contributed by atoms with E-state index in [1.807, 2.05) is 32.0 Å². The van der Waals surface area contributed by atoms with Gasteiger partial charge in [0.05, 0.1) is 4.90 Å². The minimum Gasteiger partial charge on any atom is -0.321 e. The van der Waals surface area contributed by atoms with Crippen molar-refractivity contribution in [3.05, 3.63) is 88.7 Å². The van der Waals surface area contributed by atoms with Crippen LogP contribution in [0.4, 0.5) is 15.8 Å². The second-order valence-corrected chi connectivity index (χ2v) is 8.69. The molecule has 0 saturated heterocycles. The van der Waals surface area contributed by atoms with Crippen LogP contribution in [-0.4, -0.2) is 14.3 Å². The third kappa shape index (κ3) is 4.68. The van der Waals surface area contributed by atoms with Crippen molar-refractivity contribution in [1.29, 1.82) is 0 Å². The Bertz CT molecular complexity index is 1190. The molecule has 0 radical (unpaired) electrons. The van der Waals surface area contributed by atoms with Gasteiger partial charge in [-0.2, -0.15) is 0 Å². The molecule has 3 aromatic carbocycles. The fourth-order valence-corrected chi connectivity index (χ4v) is 4.22. The largest absolute Gasteiger partial charge is 0.321 e. The van der Waals surface area contributed by atoms with Crippen LogP contribution in [0.2, 0.25) is 0 Å². The number of amides is 1. The van der Waals surface area contributed by atoms with Crippen molar-refractivity contribution in [2.75, 3.05) is 10.0 Å². The molecule has 0 unspecified atom stereocenters. The normalized spacial score (nSPS) is 11.2. The van der Waals surface area contributed by atoms with Gasteiger partial charge in [0.25, 0.3) is 15.9 Å². The molecule has 30 heavy (non-hydrogen) atoms. The van der Waals surface area contributed by atoms with E-state index >= 15 is 0 Å². The number of sulfonamides is 1. The van der Waals surface area contributed by atoms with Crippen LogP contribution >= 0.6 is 0 Å². The lowest BCUT2D eigenvalue weighted by Gasteiger charge is -2.13. The maximum absolute atomic E-state index is 13.4. The molecule has 0 aromatic heterocycles. The third-order valence-electron chi connectivity index (χ3n) is 4.82. The number of hydrogen-bond acceptors (Lipinski definition) is 3. The van der Waals surface area contributed by atoms with Crippen LogP contribution in [0.1, 0.15) is 34.0 Å². The van der Waals surface area contributed by atoms with Gasteiger partial charge in [0.1, 0.15) is 5.82 Å². The molecular formula is C23H23FN2O3S. The number of aryl methyl sites for hydroxylation is 3. The van der Waals surface area contributed by atoms with Gasteiger partial charge in [-0.1, -0.05) is 25.1 Å². The molecule has 0 aliphatic carbocycles. The third-order valence-corrected chi connectivity index (χ3v) is 6.20. The maximum atomic E-state index is 13.4. The van der Waals surface area contributed by atoms with Gasteiger partial charge in [-0.3, -0.25) is 9.52 Å². The van der Waals surface area contributed by atoms with E-state index in [9.17, 15) is 17.6 Å². The highest BCUT2D eigenvalue weighted by Gasteiger charge is 2.16. The smallest absolute Gasteiger partial charge is 0.261 e. The zero-order valence-corrected chi connectivity index (χ0v) is 17.8. The number of anilines is 2. The molecule has 7 heteroatoms. The second-order valence-electron chi connectivity index (χ2n) is 7.01. The van der Waals surface area contributed by atoms with E-state index in [2.05, 4.69) is 10.0 Å². The summed E-state index contributed by atoms with van der Waals surface area (Å²) in [5.74, 6) is -0.744. The molecule has 5 nitrogen and oxygen atoms in total. The number of hydrogen-bond donors (Lipinski definition) is 2. The first-order chi connectivity index (χ1) is 14.2. The Kier molecular flexibility index (Phi) is 6.22. The van der Waals surface area contributed by atoms with Crippen LogP contribution in [0.15, 0.2) is 65.6 Å². The molecule has 3 rings (SSSR count). The predicted molar refractivity (Wildman–Crippen MR) is 117 cm³/mol. The number of halogens is 1. The zero-order valence-electron chi connectivity index (χ0n) is 17.0. The molecule has 1 amide bonds. The first kappa shape index (κ1) is 21.5. The Hall–Kier alpha value is -3.19. The second kappa shape index (κ2) is 8.67. The van der Waals surface area contributed by atoms with Crippen molar-refractivity contribution in [2.45, 2.75) is 32.1 Å². The van der Waals surface area contributed by atoms with E-state index in [1.165, 1.54) is 31.2 Å². The zero-order chi connectivity index (χ0) is 21.9. The number of benzene rings is 3. The summed E-state index contributed by atoms with van der Waals surface area (Å²) in [6.07, 6.45) is 0.793. The Morgan fingerprint density at radius 2 is 1.67 bits per heavy atom.